The summed E-state index contributed by atoms with van der Waals surface area (Å²) in [5, 5.41) is 11.5. The van der Waals surface area contributed by atoms with Crippen LogP contribution >= 0.6 is 0 Å². The fourth-order valence-corrected chi connectivity index (χ4v) is 1.85. The molecular weight excluding hydrogens is 222 g/mol. The third kappa shape index (κ3) is 3.21. The summed E-state index contributed by atoms with van der Waals surface area (Å²) >= 11 is 0. The van der Waals surface area contributed by atoms with Gasteiger partial charge in [-0.1, -0.05) is 0 Å². The maximum atomic E-state index is 11.8. The van der Waals surface area contributed by atoms with Crippen molar-refractivity contribution in [1.82, 2.24) is 9.80 Å². The highest BCUT2D eigenvalue weighted by atomic mass is 16.3. The molecule has 1 aromatic heterocycles. The molecule has 1 aliphatic heterocycles. The van der Waals surface area contributed by atoms with Crippen molar-refractivity contribution in [1.29, 1.82) is 0 Å². The van der Waals surface area contributed by atoms with E-state index in [0.717, 1.165) is 13.1 Å². The lowest BCUT2D eigenvalue weighted by molar-refractivity contribution is 0.127. The monoisotopic (exact) mass is 239 g/mol. The molecule has 6 heteroatoms. The lowest BCUT2D eigenvalue weighted by Gasteiger charge is -2.34. The number of hydrogen-bond donors (Lipinski definition) is 2. The van der Waals surface area contributed by atoms with E-state index >= 15 is 0 Å². The first-order valence-electron chi connectivity index (χ1n) is 5.72. The molecule has 0 bridgehead atoms. The van der Waals surface area contributed by atoms with Crippen LogP contribution in [0.5, 0.6) is 0 Å². The van der Waals surface area contributed by atoms with Gasteiger partial charge < -0.3 is 14.4 Å². The lowest BCUT2D eigenvalue weighted by atomic mass is 10.3. The Hall–Kier alpha value is -1.53. The van der Waals surface area contributed by atoms with E-state index in [-0.39, 0.29) is 12.6 Å². The van der Waals surface area contributed by atoms with Crippen LogP contribution in [0.4, 0.5) is 10.7 Å². The Bertz CT molecular complexity index is 345. The SMILES string of the molecule is O=C(Nc1ccco1)N1CCN(CCO)CC1. The Balaban J connectivity index is 1.78. The Labute approximate surface area is 99.8 Å². The van der Waals surface area contributed by atoms with Gasteiger partial charge in [0.25, 0.3) is 0 Å². The van der Waals surface area contributed by atoms with E-state index in [1.54, 1.807) is 17.0 Å². The van der Waals surface area contributed by atoms with E-state index in [1.165, 1.54) is 6.26 Å². The Morgan fingerprint density at radius 1 is 1.41 bits per heavy atom. The molecule has 2 heterocycles. The summed E-state index contributed by atoms with van der Waals surface area (Å²) in [5.74, 6) is 0.466. The molecule has 94 valence electrons. The van der Waals surface area contributed by atoms with Crippen LogP contribution in [0, 0.1) is 0 Å². The topological polar surface area (TPSA) is 69.0 Å². The summed E-state index contributed by atoms with van der Waals surface area (Å²) in [6, 6.07) is 3.30. The van der Waals surface area contributed by atoms with Gasteiger partial charge in [0.1, 0.15) is 0 Å². The third-order valence-corrected chi connectivity index (χ3v) is 2.83. The van der Waals surface area contributed by atoms with Crippen LogP contribution in [-0.2, 0) is 0 Å². The second-order valence-electron chi connectivity index (χ2n) is 3.96. The molecule has 0 atom stereocenters. The number of amides is 2. The van der Waals surface area contributed by atoms with Crippen LogP contribution in [0.3, 0.4) is 0 Å². The smallest absolute Gasteiger partial charge is 0.324 e. The highest BCUT2D eigenvalue weighted by Crippen LogP contribution is 2.09. The van der Waals surface area contributed by atoms with E-state index in [4.69, 9.17) is 9.52 Å². The zero-order chi connectivity index (χ0) is 12.1. The Morgan fingerprint density at radius 2 is 2.18 bits per heavy atom. The maximum absolute atomic E-state index is 11.8. The number of nitrogens with one attached hydrogen (secondary N) is 1. The van der Waals surface area contributed by atoms with Crippen LogP contribution < -0.4 is 5.32 Å². The number of aliphatic hydroxyl groups excluding tert-OH is 1. The van der Waals surface area contributed by atoms with Crippen LogP contribution in [0.25, 0.3) is 0 Å². The van der Waals surface area contributed by atoms with Crippen LogP contribution in [0.2, 0.25) is 0 Å². The first kappa shape index (κ1) is 11.9. The highest BCUT2D eigenvalue weighted by Gasteiger charge is 2.20. The summed E-state index contributed by atoms with van der Waals surface area (Å²) in [4.78, 5) is 15.7. The molecule has 0 saturated carbocycles. The molecule has 1 fully saturated rings. The summed E-state index contributed by atoms with van der Waals surface area (Å²) in [6.07, 6.45) is 1.52. The van der Waals surface area contributed by atoms with E-state index in [9.17, 15) is 4.79 Å². The first-order valence-corrected chi connectivity index (χ1v) is 5.72. The van der Waals surface area contributed by atoms with Gasteiger partial charge in [-0.2, -0.15) is 0 Å². The minimum absolute atomic E-state index is 0.136. The second kappa shape index (κ2) is 5.70. The zero-order valence-corrected chi connectivity index (χ0v) is 9.63. The quantitative estimate of drug-likeness (QED) is 0.802. The predicted octanol–water partition coefficient (Wildman–Crippen LogP) is 0.421. The summed E-state index contributed by atoms with van der Waals surface area (Å²) in [7, 11) is 0. The van der Waals surface area contributed by atoms with Gasteiger partial charge in [-0.15, -0.1) is 0 Å². The summed E-state index contributed by atoms with van der Waals surface area (Å²) in [6.45, 7) is 3.78. The number of carbonyl (C=O) groups is 1. The molecule has 0 unspecified atom stereocenters. The fourth-order valence-electron chi connectivity index (χ4n) is 1.85. The van der Waals surface area contributed by atoms with Crippen molar-refractivity contribution in [2.24, 2.45) is 0 Å². The number of urea groups is 1. The molecule has 17 heavy (non-hydrogen) atoms. The van der Waals surface area contributed by atoms with Gasteiger partial charge in [0.05, 0.1) is 12.9 Å². The van der Waals surface area contributed by atoms with Gasteiger partial charge in [-0.25, -0.2) is 4.79 Å². The van der Waals surface area contributed by atoms with Crippen molar-refractivity contribution in [3.05, 3.63) is 18.4 Å². The van der Waals surface area contributed by atoms with E-state index in [0.29, 0.717) is 25.5 Å². The standard InChI is InChI=1S/C11H17N3O3/c15-8-7-13-3-5-14(6-4-13)11(16)12-10-2-1-9-17-10/h1-2,9,15H,3-8H2,(H,12,16). The number of piperazine rings is 1. The molecule has 0 spiro atoms. The lowest BCUT2D eigenvalue weighted by Crippen LogP contribution is -2.50. The number of nitrogens with zero attached hydrogens (tertiary/aromatic N) is 2. The second-order valence-corrected chi connectivity index (χ2v) is 3.96. The number of hydrogen-bond acceptors (Lipinski definition) is 4. The van der Waals surface area contributed by atoms with Crippen LogP contribution in [0.1, 0.15) is 0 Å². The molecule has 0 aromatic carbocycles. The van der Waals surface area contributed by atoms with Crippen molar-refractivity contribution in [2.45, 2.75) is 0 Å². The van der Waals surface area contributed by atoms with Gasteiger partial charge in [-0.05, 0) is 6.07 Å². The zero-order valence-electron chi connectivity index (χ0n) is 9.63. The van der Waals surface area contributed by atoms with E-state index < -0.39 is 0 Å². The van der Waals surface area contributed by atoms with Crippen molar-refractivity contribution < 1.29 is 14.3 Å². The van der Waals surface area contributed by atoms with Crippen LogP contribution in [0.15, 0.2) is 22.8 Å². The summed E-state index contributed by atoms with van der Waals surface area (Å²) in [5.41, 5.74) is 0. The van der Waals surface area contributed by atoms with Gasteiger partial charge in [-0.3, -0.25) is 10.2 Å². The van der Waals surface area contributed by atoms with Crippen molar-refractivity contribution in [3.8, 4) is 0 Å². The Morgan fingerprint density at radius 3 is 2.76 bits per heavy atom. The first-order chi connectivity index (χ1) is 8.29. The van der Waals surface area contributed by atoms with Gasteiger partial charge in [0, 0.05) is 38.8 Å². The fraction of sp³-hybridized carbons (Fsp3) is 0.545. The van der Waals surface area contributed by atoms with Gasteiger partial charge in [0.2, 0.25) is 5.88 Å². The summed E-state index contributed by atoms with van der Waals surface area (Å²) < 4.78 is 5.05. The number of β-amino-alcohol motifs (C(OH)–C–C–N with tert-alkyl or cyclic N) is 1. The predicted molar refractivity (Wildman–Crippen MR) is 62.8 cm³/mol. The van der Waals surface area contributed by atoms with E-state index in [1.807, 2.05) is 0 Å². The molecule has 2 rings (SSSR count). The average molecular weight is 239 g/mol. The highest BCUT2D eigenvalue weighted by molar-refractivity contribution is 5.87. The molecule has 2 amide bonds. The Kier molecular flexibility index (Phi) is 4.00. The largest absolute Gasteiger partial charge is 0.449 e. The van der Waals surface area contributed by atoms with E-state index in [2.05, 4.69) is 10.2 Å². The number of anilines is 1. The maximum Gasteiger partial charge on any atom is 0.324 e. The molecule has 1 aliphatic rings. The molecule has 1 aromatic rings. The van der Waals surface area contributed by atoms with Gasteiger partial charge in [0.15, 0.2) is 0 Å². The number of aliphatic hydroxyl groups is 1. The number of rotatable bonds is 3. The van der Waals surface area contributed by atoms with Crippen LogP contribution in [-0.4, -0.2) is 60.3 Å². The van der Waals surface area contributed by atoms with Crippen molar-refractivity contribution in [2.75, 3.05) is 44.6 Å². The molecule has 6 nitrogen and oxygen atoms in total. The van der Waals surface area contributed by atoms with Crippen molar-refractivity contribution >= 4 is 11.9 Å². The molecule has 0 radical (unpaired) electrons. The van der Waals surface area contributed by atoms with Gasteiger partial charge >= 0.3 is 6.03 Å². The molecule has 0 aliphatic carbocycles. The molecule has 2 N–H and O–H groups in total. The van der Waals surface area contributed by atoms with Crippen molar-refractivity contribution in [3.63, 3.8) is 0 Å². The third-order valence-electron chi connectivity index (χ3n) is 2.83. The minimum atomic E-state index is -0.136. The number of furan rings is 1. The normalized spacial score (nSPS) is 17.1. The molecular formula is C11H17N3O3. The number of carbonyl (C=O) groups excluding carboxylic acids is 1. The molecule has 1 saturated heterocycles. The minimum Gasteiger partial charge on any atom is -0.449 e. The average Bonchev–Trinajstić information content (AvgIpc) is 2.83.